The van der Waals surface area contributed by atoms with Crippen LogP contribution in [-0.2, 0) is 4.74 Å². The van der Waals surface area contributed by atoms with Crippen molar-refractivity contribution < 1.29 is 14.3 Å². The lowest BCUT2D eigenvalue weighted by Gasteiger charge is -2.10. The predicted molar refractivity (Wildman–Crippen MR) is 86.4 cm³/mol. The van der Waals surface area contributed by atoms with Crippen molar-refractivity contribution in [1.82, 2.24) is 9.97 Å². The fourth-order valence-corrected chi connectivity index (χ4v) is 2.32. The average Bonchev–Trinajstić information content (AvgIpc) is 3.04. The van der Waals surface area contributed by atoms with Crippen LogP contribution in [0.4, 0.5) is 5.69 Å². The van der Waals surface area contributed by atoms with Crippen molar-refractivity contribution in [2.24, 2.45) is 0 Å². The van der Waals surface area contributed by atoms with E-state index in [1.54, 1.807) is 43.3 Å². The first kappa shape index (κ1) is 14.8. The lowest BCUT2D eigenvalue weighted by atomic mass is 10.1. The molecule has 0 fully saturated rings. The van der Waals surface area contributed by atoms with Crippen LogP contribution in [0.1, 0.15) is 27.6 Å². The van der Waals surface area contributed by atoms with Crippen molar-refractivity contribution in [2.75, 3.05) is 11.9 Å². The highest BCUT2D eigenvalue weighted by molar-refractivity contribution is 6.13. The Labute approximate surface area is 132 Å². The molecule has 3 aromatic rings. The minimum Gasteiger partial charge on any atom is -0.462 e. The molecule has 0 bridgehead atoms. The molecule has 6 heteroatoms. The minimum absolute atomic E-state index is 0.272. The number of H-pyrrole nitrogens is 1. The standard InChI is InChI=1S/C17H15N3O3/c1-2-23-17(22)11-6-3-4-8-13(11)20-16(21)12-7-5-9-14-15(12)19-10-18-14/h3-10H,2H2,1H3,(H,18,19)(H,20,21). The number of amides is 1. The van der Waals surface area contributed by atoms with E-state index in [9.17, 15) is 9.59 Å². The normalized spacial score (nSPS) is 10.5. The number of aromatic amines is 1. The first-order chi connectivity index (χ1) is 11.2. The zero-order chi connectivity index (χ0) is 16.2. The number of ether oxygens (including phenoxy) is 1. The number of nitrogens with one attached hydrogen (secondary N) is 2. The van der Waals surface area contributed by atoms with Crippen molar-refractivity contribution in [3.05, 3.63) is 59.9 Å². The third-order valence-corrected chi connectivity index (χ3v) is 3.36. The number of rotatable bonds is 4. The average molecular weight is 309 g/mol. The molecule has 0 spiro atoms. The molecule has 0 saturated heterocycles. The van der Waals surface area contributed by atoms with Crippen LogP contribution in [0.2, 0.25) is 0 Å². The van der Waals surface area contributed by atoms with Crippen LogP contribution in [0.15, 0.2) is 48.8 Å². The van der Waals surface area contributed by atoms with E-state index in [-0.39, 0.29) is 12.5 Å². The van der Waals surface area contributed by atoms with Crippen LogP contribution in [-0.4, -0.2) is 28.5 Å². The number of carbonyl (C=O) groups excluding carboxylic acids is 2. The Kier molecular flexibility index (Phi) is 4.05. The van der Waals surface area contributed by atoms with Gasteiger partial charge in [-0.15, -0.1) is 0 Å². The molecule has 1 heterocycles. The largest absolute Gasteiger partial charge is 0.462 e. The van der Waals surface area contributed by atoms with Gasteiger partial charge in [-0.3, -0.25) is 4.79 Å². The van der Waals surface area contributed by atoms with Gasteiger partial charge in [0.1, 0.15) is 5.52 Å². The zero-order valence-corrected chi connectivity index (χ0v) is 12.5. The van der Waals surface area contributed by atoms with Gasteiger partial charge in [-0.05, 0) is 31.2 Å². The van der Waals surface area contributed by atoms with Crippen molar-refractivity contribution in [1.29, 1.82) is 0 Å². The summed E-state index contributed by atoms with van der Waals surface area (Å²) in [6, 6.07) is 12.0. The fraction of sp³-hybridized carbons (Fsp3) is 0.118. The van der Waals surface area contributed by atoms with Gasteiger partial charge < -0.3 is 15.0 Å². The molecule has 23 heavy (non-hydrogen) atoms. The molecule has 0 saturated carbocycles. The molecule has 1 amide bonds. The Morgan fingerprint density at radius 2 is 1.91 bits per heavy atom. The maximum atomic E-state index is 12.5. The van der Waals surface area contributed by atoms with Crippen molar-refractivity contribution in [2.45, 2.75) is 6.92 Å². The lowest BCUT2D eigenvalue weighted by Crippen LogP contribution is -2.16. The third kappa shape index (κ3) is 2.91. The van der Waals surface area contributed by atoms with E-state index in [0.29, 0.717) is 22.3 Å². The number of aromatic nitrogens is 2. The maximum absolute atomic E-state index is 12.5. The molecular weight excluding hydrogens is 294 g/mol. The summed E-state index contributed by atoms with van der Waals surface area (Å²) in [6.07, 6.45) is 1.54. The Hall–Kier alpha value is -3.15. The summed E-state index contributed by atoms with van der Waals surface area (Å²) in [5.41, 5.74) is 2.51. The van der Waals surface area contributed by atoms with Gasteiger partial charge in [0.15, 0.2) is 0 Å². The van der Waals surface area contributed by atoms with Crippen LogP contribution in [0.3, 0.4) is 0 Å². The van der Waals surface area contributed by atoms with Gasteiger partial charge in [-0.1, -0.05) is 18.2 Å². The van der Waals surface area contributed by atoms with E-state index in [0.717, 1.165) is 5.52 Å². The number of benzene rings is 2. The molecule has 6 nitrogen and oxygen atoms in total. The fourth-order valence-electron chi connectivity index (χ4n) is 2.32. The molecule has 2 N–H and O–H groups in total. The molecule has 0 radical (unpaired) electrons. The number of para-hydroxylation sites is 2. The molecule has 0 aliphatic heterocycles. The van der Waals surface area contributed by atoms with Crippen LogP contribution < -0.4 is 5.32 Å². The Balaban J connectivity index is 1.92. The molecule has 1 aromatic heterocycles. The molecule has 0 atom stereocenters. The highest BCUT2D eigenvalue weighted by atomic mass is 16.5. The van der Waals surface area contributed by atoms with Crippen LogP contribution >= 0.6 is 0 Å². The van der Waals surface area contributed by atoms with Gasteiger partial charge in [0.2, 0.25) is 0 Å². The van der Waals surface area contributed by atoms with Crippen molar-refractivity contribution in [3.63, 3.8) is 0 Å². The highest BCUT2D eigenvalue weighted by Crippen LogP contribution is 2.20. The molecule has 116 valence electrons. The van der Waals surface area contributed by atoms with E-state index in [2.05, 4.69) is 15.3 Å². The molecular formula is C17H15N3O3. The number of anilines is 1. The summed E-state index contributed by atoms with van der Waals surface area (Å²) in [7, 11) is 0. The van der Waals surface area contributed by atoms with E-state index in [4.69, 9.17) is 4.74 Å². The highest BCUT2D eigenvalue weighted by Gasteiger charge is 2.16. The van der Waals surface area contributed by atoms with Gasteiger partial charge >= 0.3 is 5.97 Å². The van der Waals surface area contributed by atoms with E-state index in [1.165, 1.54) is 6.33 Å². The topological polar surface area (TPSA) is 84.1 Å². The van der Waals surface area contributed by atoms with E-state index < -0.39 is 5.97 Å². The van der Waals surface area contributed by atoms with Gasteiger partial charge in [0.05, 0.1) is 35.3 Å². The van der Waals surface area contributed by atoms with E-state index in [1.807, 2.05) is 6.07 Å². The van der Waals surface area contributed by atoms with Crippen molar-refractivity contribution >= 4 is 28.6 Å². The first-order valence-electron chi connectivity index (χ1n) is 7.20. The number of fused-ring (bicyclic) bond motifs is 1. The number of imidazole rings is 1. The predicted octanol–water partition coefficient (Wildman–Crippen LogP) is 2.99. The first-order valence-corrected chi connectivity index (χ1v) is 7.20. The zero-order valence-electron chi connectivity index (χ0n) is 12.5. The SMILES string of the molecule is CCOC(=O)c1ccccc1NC(=O)c1cccc2[nH]cnc12. The second-order valence-corrected chi connectivity index (χ2v) is 4.82. The summed E-state index contributed by atoms with van der Waals surface area (Å²) in [4.78, 5) is 31.6. The number of hydrogen-bond acceptors (Lipinski definition) is 4. The summed E-state index contributed by atoms with van der Waals surface area (Å²) in [5.74, 6) is -0.805. The van der Waals surface area contributed by atoms with Gasteiger partial charge in [0, 0.05) is 0 Å². The van der Waals surface area contributed by atoms with E-state index >= 15 is 0 Å². The Morgan fingerprint density at radius 3 is 2.74 bits per heavy atom. The molecule has 0 aliphatic carbocycles. The lowest BCUT2D eigenvalue weighted by molar-refractivity contribution is 0.0527. The second kappa shape index (κ2) is 6.31. The Morgan fingerprint density at radius 1 is 1.13 bits per heavy atom. The van der Waals surface area contributed by atoms with Gasteiger partial charge in [-0.25, -0.2) is 9.78 Å². The third-order valence-electron chi connectivity index (χ3n) is 3.36. The minimum atomic E-state index is -0.471. The number of esters is 1. The van der Waals surface area contributed by atoms with Crippen LogP contribution in [0, 0.1) is 0 Å². The molecule has 2 aromatic carbocycles. The monoisotopic (exact) mass is 309 g/mol. The summed E-state index contributed by atoms with van der Waals surface area (Å²) in [6.45, 7) is 2.01. The summed E-state index contributed by atoms with van der Waals surface area (Å²) in [5, 5.41) is 2.75. The number of hydrogen-bond donors (Lipinski definition) is 2. The quantitative estimate of drug-likeness (QED) is 0.726. The second-order valence-electron chi connectivity index (χ2n) is 4.82. The van der Waals surface area contributed by atoms with Crippen molar-refractivity contribution in [3.8, 4) is 0 Å². The van der Waals surface area contributed by atoms with Gasteiger partial charge in [-0.2, -0.15) is 0 Å². The number of nitrogens with zero attached hydrogens (tertiary/aromatic N) is 1. The van der Waals surface area contributed by atoms with Crippen LogP contribution in [0.5, 0.6) is 0 Å². The summed E-state index contributed by atoms with van der Waals surface area (Å²) < 4.78 is 5.01. The van der Waals surface area contributed by atoms with Crippen LogP contribution in [0.25, 0.3) is 11.0 Å². The molecule has 0 aliphatic rings. The number of carbonyl (C=O) groups is 2. The maximum Gasteiger partial charge on any atom is 0.340 e. The smallest absolute Gasteiger partial charge is 0.340 e. The Bertz CT molecular complexity index is 870. The summed E-state index contributed by atoms with van der Waals surface area (Å²) >= 11 is 0. The molecule has 3 rings (SSSR count). The van der Waals surface area contributed by atoms with Gasteiger partial charge in [0.25, 0.3) is 5.91 Å². The molecule has 0 unspecified atom stereocenters.